The molecule has 1 saturated carbocycles. The Hall–Kier alpha value is -3.10. The third kappa shape index (κ3) is 5.51. The molecular formula is C40H56N4O4. The second-order valence-electron chi connectivity index (χ2n) is 15.1. The summed E-state index contributed by atoms with van der Waals surface area (Å²) in [4.78, 5) is 32.2. The Morgan fingerprint density at radius 1 is 0.646 bits per heavy atom. The maximum Gasteiger partial charge on any atom is 0.227 e. The van der Waals surface area contributed by atoms with Crippen LogP contribution in [0.4, 0.5) is 22.7 Å². The van der Waals surface area contributed by atoms with Gasteiger partial charge in [-0.25, -0.2) is 0 Å². The van der Waals surface area contributed by atoms with Crippen LogP contribution in [0, 0.1) is 11.8 Å². The smallest absolute Gasteiger partial charge is 0.227 e. The number of aliphatic hydroxyl groups is 2. The summed E-state index contributed by atoms with van der Waals surface area (Å²) in [7, 11) is 0. The van der Waals surface area contributed by atoms with E-state index in [1.54, 1.807) is 0 Å². The van der Waals surface area contributed by atoms with E-state index in [0.29, 0.717) is 0 Å². The summed E-state index contributed by atoms with van der Waals surface area (Å²) in [5.74, 6) is -1.18. The van der Waals surface area contributed by atoms with Gasteiger partial charge in [0.15, 0.2) is 0 Å². The summed E-state index contributed by atoms with van der Waals surface area (Å²) in [6, 6.07) is 4.38. The van der Waals surface area contributed by atoms with Gasteiger partial charge in [0.25, 0.3) is 0 Å². The van der Waals surface area contributed by atoms with Crippen LogP contribution in [0.1, 0.15) is 124 Å². The van der Waals surface area contributed by atoms with Crippen LogP contribution in [0.25, 0.3) is 0 Å². The molecule has 8 heteroatoms. The molecule has 5 aliphatic rings. The van der Waals surface area contributed by atoms with Crippen LogP contribution in [0.3, 0.4) is 0 Å². The van der Waals surface area contributed by atoms with Crippen LogP contribution in [0.2, 0.25) is 0 Å². The predicted octanol–water partition coefficient (Wildman–Crippen LogP) is 6.44. The number of benzene rings is 2. The molecule has 2 amide bonds. The van der Waals surface area contributed by atoms with E-state index in [4.69, 9.17) is 0 Å². The lowest BCUT2D eigenvalue weighted by Crippen LogP contribution is -2.52. The van der Waals surface area contributed by atoms with Crippen molar-refractivity contribution in [1.29, 1.82) is 0 Å². The molecule has 0 unspecified atom stereocenters. The quantitative estimate of drug-likeness (QED) is 0.235. The summed E-state index contributed by atoms with van der Waals surface area (Å²) in [5, 5.41) is 31.2. The van der Waals surface area contributed by atoms with E-state index in [1.165, 1.54) is 33.6 Å². The Labute approximate surface area is 286 Å². The molecule has 4 aliphatic heterocycles. The SMILES string of the molecule is CCC(CC)C(=O)Nc1c(C2C(O)C(c3cc4c5c(c3NC(=O)C(CC)CC)CCCN5CCC4)C2O)cc2c3c1CCCN3CCC2. The molecule has 4 N–H and O–H groups in total. The second kappa shape index (κ2) is 13.7. The van der Waals surface area contributed by atoms with Crippen molar-refractivity contribution in [2.24, 2.45) is 11.8 Å². The molecule has 7 rings (SSSR count). The van der Waals surface area contributed by atoms with E-state index in [-0.39, 0.29) is 23.7 Å². The largest absolute Gasteiger partial charge is 0.392 e. The van der Waals surface area contributed by atoms with Crippen LogP contribution < -0.4 is 20.4 Å². The van der Waals surface area contributed by atoms with E-state index in [9.17, 15) is 19.8 Å². The average Bonchev–Trinajstić information content (AvgIpc) is 3.09. The van der Waals surface area contributed by atoms with Crippen LogP contribution in [0.15, 0.2) is 12.1 Å². The molecule has 260 valence electrons. The van der Waals surface area contributed by atoms with Crippen molar-refractivity contribution in [3.05, 3.63) is 45.5 Å². The number of carbonyl (C=O) groups is 2. The Bertz CT molecular complexity index is 1440. The molecule has 0 atom stereocenters. The highest BCUT2D eigenvalue weighted by molar-refractivity contribution is 5.97. The molecule has 2 aromatic rings. The minimum atomic E-state index is -0.852. The van der Waals surface area contributed by atoms with Crippen molar-refractivity contribution in [3.8, 4) is 0 Å². The number of rotatable bonds is 10. The molecule has 0 saturated heterocycles. The first kappa shape index (κ1) is 33.4. The number of hydrogen-bond acceptors (Lipinski definition) is 6. The molecule has 4 heterocycles. The Morgan fingerprint density at radius 3 is 1.35 bits per heavy atom. The third-order valence-corrected chi connectivity index (χ3v) is 12.5. The normalized spacial score (nSPS) is 24.2. The van der Waals surface area contributed by atoms with Crippen molar-refractivity contribution in [3.63, 3.8) is 0 Å². The van der Waals surface area contributed by atoms with Gasteiger partial charge in [-0.1, -0.05) is 39.8 Å². The lowest BCUT2D eigenvalue weighted by Gasteiger charge is -2.50. The van der Waals surface area contributed by atoms with Crippen LogP contribution in [-0.2, 0) is 35.3 Å². The number of nitrogens with one attached hydrogen (secondary N) is 2. The van der Waals surface area contributed by atoms with Gasteiger partial charge in [-0.3, -0.25) is 9.59 Å². The molecule has 0 radical (unpaired) electrons. The second-order valence-corrected chi connectivity index (χ2v) is 15.1. The standard InChI is InChI=1S/C40H56N4O4/c1-5-23(6-2)39(47)41-33-27-15-11-19-43-17-9-13-25(35(27)43)21-29(33)31-37(45)32(38(31)46)30-22-26-14-10-18-44-20-12-16-28(36(26)44)34(30)42-40(48)24(7-3)8-4/h21-24,31-32,37-38,45-46H,5-20H2,1-4H3,(H,41,47)(H,42,48). The molecule has 1 fully saturated rings. The first-order valence-corrected chi connectivity index (χ1v) is 19.2. The Morgan fingerprint density at radius 2 is 1.00 bits per heavy atom. The molecule has 1 aliphatic carbocycles. The zero-order valence-electron chi connectivity index (χ0n) is 29.5. The summed E-state index contributed by atoms with van der Waals surface area (Å²) in [6.45, 7) is 12.3. The first-order valence-electron chi connectivity index (χ1n) is 19.2. The van der Waals surface area contributed by atoms with Gasteiger partial charge in [-0.2, -0.15) is 0 Å². The fraction of sp³-hybridized carbons (Fsp3) is 0.650. The van der Waals surface area contributed by atoms with Crippen molar-refractivity contribution in [2.45, 2.75) is 129 Å². The van der Waals surface area contributed by atoms with Gasteiger partial charge in [-0.05, 0) is 110 Å². The van der Waals surface area contributed by atoms with Crippen molar-refractivity contribution < 1.29 is 19.8 Å². The van der Waals surface area contributed by atoms with Crippen molar-refractivity contribution in [1.82, 2.24) is 0 Å². The lowest BCUT2D eigenvalue weighted by atomic mass is 9.61. The van der Waals surface area contributed by atoms with E-state index in [1.807, 2.05) is 0 Å². The minimum absolute atomic E-state index is 0.0231. The number of aryl methyl sites for hydroxylation is 2. The predicted molar refractivity (Wildman–Crippen MR) is 193 cm³/mol. The van der Waals surface area contributed by atoms with Gasteiger partial charge >= 0.3 is 0 Å². The van der Waals surface area contributed by atoms with Gasteiger partial charge in [0.2, 0.25) is 11.8 Å². The highest BCUT2D eigenvalue weighted by atomic mass is 16.3. The molecule has 0 spiro atoms. The van der Waals surface area contributed by atoms with E-state index >= 15 is 0 Å². The molecule has 0 bridgehead atoms. The number of aliphatic hydroxyl groups excluding tert-OH is 2. The molecular weight excluding hydrogens is 600 g/mol. The molecule has 8 nitrogen and oxygen atoms in total. The number of carbonyl (C=O) groups excluding carboxylic acids is 2. The van der Waals surface area contributed by atoms with Gasteiger partial charge in [0.05, 0.1) is 12.2 Å². The highest BCUT2D eigenvalue weighted by Gasteiger charge is 2.53. The van der Waals surface area contributed by atoms with Crippen LogP contribution >= 0.6 is 0 Å². The van der Waals surface area contributed by atoms with Crippen LogP contribution in [-0.4, -0.2) is 60.4 Å². The number of amides is 2. The van der Waals surface area contributed by atoms with E-state index in [0.717, 1.165) is 126 Å². The lowest BCUT2D eigenvalue weighted by molar-refractivity contribution is -0.120. The van der Waals surface area contributed by atoms with Crippen molar-refractivity contribution in [2.75, 3.05) is 46.6 Å². The first-order chi connectivity index (χ1) is 23.3. The van der Waals surface area contributed by atoms with Gasteiger partial charge in [0.1, 0.15) is 0 Å². The molecule has 0 aromatic heterocycles. The summed E-state index contributed by atoms with van der Waals surface area (Å²) < 4.78 is 0. The number of nitrogens with zero attached hydrogens (tertiary/aromatic N) is 2. The zero-order chi connectivity index (χ0) is 33.7. The number of hydrogen-bond donors (Lipinski definition) is 4. The maximum atomic E-state index is 13.6. The molecule has 48 heavy (non-hydrogen) atoms. The number of anilines is 4. The van der Waals surface area contributed by atoms with Gasteiger partial charge in [-0.15, -0.1) is 0 Å². The fourth-order valence-corrected chi connectivity index (χ4v) is 9.80. The van der Waals surface area contributed by atoms with E-state index < -0.39 is 24.0 Å². The average molecular weight is 657 g/mol. The molecule has 2 aromatic carbocycles. The maximum absolute atomic E-state index is 13.6. The monoisotopic (exact) mass is 656 g/mol. The van der Waals surface area contributed by atoms with Crippen LogP contribution in [0.5, 0.6) is 0 Å². The zero-order valence-corrected chi connectivity index (χ0v) is 29.5. The minimum Gasteiger partial charge on any atom is -0.392 e. The van der Waals surface area contributed by atoms with Gasteiger partial charge in [0, 0.05) is 72.6 Å². The third-order valence-electron chi connectivity index (χ3n) is 12.5. The Balaban J connectivity index is 1.31. The van der Waals surface area contributed by atoms with E-state index in [2.05, 4.69) is 60.3 Å². The highest BCUT2D eigenvalue weighted by Crippen LogP contribution is 2.56. The summed E-state index contributed by atoms with van der Waals surface area (Å²) >= 11 is 0. The Kier molecular flexibility index (Phi) is 9.51. The summed E-state index contributed by atoms with van der Waals surface area (Å²) in [5.41, 5.74) is 10.8. The van der Waals surface area contributed by atoms with Crippen molar-refractivity contribution >= 4 is 34.6 Å². The fourth-order valence-electron chi connectivity index (χ4n) is 9.80. The van der Waals surface area contributed by atoms with Gasteiger partial charge < -0.3 is 30.6 Å². The summed E-state index contributed by atoms with van der Waals surface area (Å²) in [6.07, 6.45) is 9.27. The topological polar surface area (TPSA) is 105 Å².